The molecule has 0 saturated heterocycles. The molecule has 14 heavy (non-hydrogen) atoms. The Morgan fingerprint density at radius 1 is 0.929 bits per heavy atom. The first-order chi connectivity index (χ1) is 6.93. The first kappa shape index (κ1) is 9.21. The molecule has 3 rings (SSSR count). The highest BCUT2D eigenvalue weighted by Crippen LogP contribution is 2.51. The summed E-state index contributed by atoms with van der Waals surface area (Å²) in [5, 5.41) is 3.84. The fourth-order valence-corrected chi connectivity index (χ4v) is 3.67. The zero-order valence-electron chi connectivity index (χ0n) is 9.17. The van der Waals surface area contributed by atoms with E-state index in [1.807, 2.05) is 0 Å². The SMILES string of the molecule is C1CCC(CNC2CC[C@@H]3C[C@H]23)CC1. The van der Waals surface area contributed by atoms with Crippen molar-refractivity contribution in [3.63, 3.8) is 0 Å². The first-order valence-corrected chi connectivity index (χ1v) is 6.67. The van der Waals surface area contributed by atoms with Gasteiger partial charge in [0, 0.05) is 6.04 Å². The maximum atomic E-state index is 3.84. The third kappa shape index (κ3) is 1.84. The van der Waals surface area contributed by atoms with E-state index >= 15 is 0 Å². The molecule has 3 saturated carbocycles. The minimum Gasteiger partial charge on any atom is -0.313 e. The van der Waals surface area contributed by atoms with Gasteiger partial charge in [0.1, 0.15) is 0 Å². The molecule has 0 aliphatic heterocycles. The maximum Gasteiger partial charge on any atom is 0.00982 e. The minimum atomic E-state index is 0.918. The summed E-state index contributed by atoms with van der Waals surface area (Å²) in [6, 6.07) is 0.918. The third-order valence-electron chi connectivity index (χ3n) is 4.74. The lowest BCUT2D eigenvalue weighted by Gasteiger charge is -2.24. The predicted molar refractivity (Wildman–Crippen MR) is 59.2 cm³/mol. The molecule has 1 N–H and O–H groups in total. The van der Waals surface area contributed by atoms with Crippen LogP contribution < -0.4 is 5.32 Å². The van der Waals surface area contributed by atoms with E-state index in [2.05, 4.69) is 5.32 Å². The van der Waals surface area contributed by atoms with Crippen LogP contribution in [0.4, 0.5) is 0 Å². The van der Waals surface area contributed by atoms with Crippen molar-refractivity contribution in [2.75, 3.05) is 6.54 Å². The predicted octanol–water partition coefficient (Wildman–Crippen LogP) is 2.95. The summed E-state index contributed by atoms with van der Waals surface area (Å²) in [7, 11) is 0. The highest BCUT2D eigenvalue weighted by molar-refractivity contribution is 5.01. The van der Waals surface area contributed by atoms with Gasteiger partial charge in [0.15, 0.2) is 0 Å². The Morgan fingerprint density at radius 2 is 1.79 bits per heavy atom. The summed E-state index contributed by atoms with van der Waals surface area (Å²) < 4.78 is 0. The summed E-state index contributed by atoms with van der Waals surface area (Å²) in [6.45, 7) is 1.33. The van der Waals surface area contributed by atoms with Gasteiger partial charge in [0.05, 0.1) is 0 Å². The molecular formula is C13H23N. The van der Waals surface area contributed by atoms with Crippen molar-refractivity contribution < 1.29 is 0 Å². The fraction of sp³-hybridized carbons (Fsp3) is 1.00. The van der Waals surface area contributed by atoms with Crippen molar-refractivity contribution in [1.29, 1.82) is 0 Å². The fourth-order valence-electron chi connectivity index (χ4n) is 3.67. The van der Waals surface area contributed by atoms with Gasteiger partial charge < -0.3 is 5.32 Å². The highest BCUT2D eigenvalue weighted by Gasteiger charge is 2.47. The molecule has 0 heterocycles. The second-order valence-corrected chi connectivity index (χ2v) is 5.76. The van der Waals surface area contributed by atoms with E-state index in [4.69, 9.17) is 0 Å². The standard InChI is InChI=1S/C13H23N/c1-2-4-10(5-3-1)9-14-13-7-6-11-8-12(11)13/h10-14H,1-9H2/t11-,12+,13?/m1/s1. The van der Waals surface area contributed by atoms with E-state index < -0.39 is 0 Å². The molecule has 3 aliphatic carbocycles. The van der Waals surface area contributed by atoms with Crippen LogP contribution in [0.25, 0.3) is 0 Å². The molecule has 0 radical (unpaired) electrons. The van der Waals surface area contributed by atoms with Gasteiger partial charge in [0.25, 0.3) is 0 Å². The summed E-state index contributed by atoms with van der Waals surface area (Å²) in [5.41, 5.74) is 0. The van der Waals surface area contributed by atoms with Crippen molar-refractivity contribution in [3.8, 4) is 0 Å². The molecule has 3 fully saturated rings. The third-order valence-corrected chi connectivity index (χ3v) is 4.74. The molecule has 3 atom stereocenters. The van der Waals surface area contributed by atoms with Crippen LogP contribution in [0.5, 0.6) is 0 Å². The van der Waals surface area contributed by atoms with Crippen LogP contribution in [0.1, 0.15) is 51.4 Å². The van der Waals surface area contributed by atoms with Gasteiger partial charge in [-0.15, -0.1) is 0 Å². The van der Waals surface area contributed by atoms with Crippen LogP contribution >= 0.6 is 0 Å². The minimum absolute atomic E-state index is 0.918. The average Bonchev–Trinajstić information content (AvgIpc) is 2.92. The van der Waals surface area contributed by atoms with Crippen molar-refractivity contribution in [2.45, 2.75) is 57.4 Å². The number of hydrogen-bond acceptors (Lipinski definition) is 1. The zero-order valence-corrected chi connectivity index (χ0v) is 9.17. The molecule has 0 amide bonds. The van der Waals surface area contributed by atoms with Gasteiger partial charge in [0.2, 0.25) is 0 Å². The number of hydrogen-bond donors (Lipinski definition) is 1. The molecule has 0 bridgehead atoms. The molecule has 1 nitrogen and oxygen atoms in total. The molecule has 80 valence electrons. The summed E-state index contributed by atoms with van der Waals surface area (Å²) in [5.74, 6) is 3.25. The van der Waals surface area contributed by atoms with Crippen LogP contribution in [-0.4, -0.2) is 12.6 Å². The Morgan fingerprint density at radius 3 is 2.43 bits per heavy atom. The Kier molecular flexibility index (Phi) is 2.53. The van der Waals surface area contributed by atoms with Crippen LogP contribution in [0.3, 0.4) is 0 Å². The van der Waals surface area contributed by atoms with Crippen LogP contribution in [0.2, 0.25) is 0 Å². The average molecular weight is 193 g/mol. The number of rotatable bonds is 3. The molecule has 1 unspecified atom stereocenters. The maximum absolute atomic E-state index is 3.84. The molecule has 1 heteroatoms. The van der Waals surface area contributed by atoms with Crippen molar-refractivity contribution >= 4 is 0 Å². The zero-order chi connectivity index (χ0) is 9.38. The second-order valence-electron chi connectivity index (χ2n) is 5.76. The van der Waals surface area contributed by atoms with Gasteiger partial charge in [-0.3, -0.25) is 0 Å². The van der Waals surface area contributed by atoms with E-state index in [9.17, 15) is 0 Å². The lowest BCUT2D eigenvalue weighted by molar-refractivity contribution is 0.320. The lowest BCUT2D eigenvalue weighted by Crippen LogP contribution is -2.34. The van der Waals surface area contributed by atoms with E-state index in [0.717, 1.165) is 23.8 Å². The Labute approximate surface area is 87.7 Å². The van der Waals surface area contributed by atoms with Gasteiger partial charge in [-0.1, -0.05) is 19.3 Å². The second kappa shape index (κ2) is 3.84. The van der Waals surface area contributed by atoms with E-state index in [1.54, 1.807) is 6.42 Å². The Balaban J connectivity index is 1.40. The summed E-state index contributed by atoms with van der Waals surface area (Å²) in [4.78, 5) is 0. The van der Waals surface area contributed by atoms with Gasteiger partial charge in [-0.25, -0.2) is 0 Å². The van der Waals surface area contributed by atoms with Crippen LogP contribution in [0.15, 0.2) is 0 Å². The first-order valence-electron chi connectivity index (χ1n) is 6.67. The quantitative estimate of drug-likeness (QED) is 0.726. The topological polar surface area (TPSA) is 12.0 Å². The number of nitrogens with one attached hydrogen (secondary N) is 1. The van der Waals surface area contributed by atoms with E-state index in [-0.39, 0.29) is 0 Å². The molecule has 0 aromatic carbocycles. The van der Waals surface area contributed by atoms with Gasteiger partial charge in [-0.2, -0.15) is 0 Å². The van der Waals surface area contributed by atoms with Crippen molar-refractivity contribution in [2.24, 2.45) is 17.8 Å². The summed E-state index contributed by atoms with van der Waals surface area (Å²) in [6.07, 6.45) is 12.0. The molecular weight excluding hydrogens is 170 g/mol. The highest BCUT2D eigenvalue weighted by atomic mass is 14.9. The summed E-state index contributed by atoms with van der Waals surface area (Å²) >= 11 is 0. The van der Waals surface area contributed by atoms with Gasteiger partial charge in [-0.05, 0) is 56.4 Å². The van der Waals surface area contributed by atoms with E-state index in [1.165, 1.54) is 51.5 Å². The molecule has 0 aromatic rings. The van der Waals surface area contributed by atoms with Crippen LogP contribution in [-0.2, 0) is 0 Å². The largest absolute Gasteiger partial charge is 0.313 e. The Hall–Kier alpha value is -0.0400. The van der Waals surface area contributed by atoms with Crippen LogP contribution in [0, 0.1) is 17.8 Å². The normalized spacial score (nSPS) is 42.4. The molecule has 0 spiro atoms. The monoisotopic (exact) mass is 193 g/mol. The van der Waals surface area contributed by atoms with Crippen molar-refractivity contribution in [3.05, 3.63) is 0 Å². The number of fused-ring (bicyclic) bond motifs is 1. The smallest absolute Gasteiger partial charge is 0.00982 e. The van der Waals surface area contributed by atoms with E-state index in [0.29, 0.717) is 0 Å². The molecule has 0 aromatic heterocycles. The van der Waals surface area contributed by atoms with Crippen molar-refractivity contribution in [1.82, 2.24) is 5.32 Å². The molecule has 3 aliphatic rings. The van der Waals surface area contributed by atoms with Gasteiger partial charge >= 0.3 is 0 Å². The Bertz CT molecular complexity index is 195. The lowest BCUT2D eigenvalue weighted by atomic mass is 9.89.